The lowest BCUT2D eigenvalue weighted by atomic mass is 10.1. The largest absolute Gasteiger partial charge is 0.497 e. The molecule has 1 aliphatic heterocycles. The molecule has 0 saturated heterocycles. The van der Waals surface area contributed by atoms with E-state index in [0.29, 0.717) is 5.56 Å². The van der Waals surface area contributed by atoms with E-state index >= 15 is 0 Å². The van der Waals surface area contributed by atoms with Gasteiger partial charge in [0.15, 0.2) is 0 Å². The first-order valence-corrected chi connectivity index (χ1v) is 7.07. The van der Waals surface area contributed by atoms with Crippen LogP contribution in [0.25, 0.3) is 0 Å². The summed E-state index contributed by atoms with van der Waals surface area (Å²) in [5.74, 6) is 0.811. The highest BCUT2D eigenvalue weighted by molar-refractivity contribution is 6.12. The van der Waals surface area contributed by atoms with Gasteiger partial charge in [-0.2, -0.15) is 0 Å². The summed E-state index contributed by atoms with van der Waals surface area (Å²) in [6.45, 7) is 2.06. The van der Waals surface area contributed by atoms with Crippen molar-refractivity contribution in [3.05, 3.63) is 54.1 Å². The number of hydrogen-bond donors (Lipinski definition) is 1. The number of anilines is 2. The molecule has 3 rings (SSSR count). The Morgan fingerprint density at radius 1 is 1.14 bits per heavy atom. The second-order valence-corrected chi connectivity index (χ2v) is 4.99. The van der Waals surface area contributed by atoms with Crippen LogP contribution in [0.2, 0.25) is 0 Å². The SMILES string of the molecule is CCC1Nc2ccccc2C(=O)N1c1ccc(OC)cc1. The minimum Gasteiger partial charge on any atom is -0.497 e. The molecule has 4 nitrogen and oxygen atoms in total. The normalized spacial score (nSPS) is 17.1. The molecule has 0 fully saturated rings. The third-order valence-electron chi connectivity index (χ3n) is 3.75. The zero-order valence-corrected chi connectivity index (χ0v) is 12.2. The van der Waals surface area contributed by atoms with Crippen molar-refractivity contribution in [2.75, 3.05) is 17.3 Å². The molecule has 0 bridgehead atoms. The lowest BCUT2D eigenvalue weighted by Gasteiger charge is -2.37. The predicted molar refractivity (Wildman–Crippen MR) is 83.9 cm³/mol. The van der Waals surface area contributed by atoms with Gasteiger partial charge in [0.05, 0.1) is 12.7 Å². The van der Waals surface area contributed by atoms with Crippen molar-refractivity contribution in [2.45, 2.75) is 19.5 Å². The van der Waals surface area contributed by atoms with Crippen molar-refractivity contribution in [3.63, 3.8) is 0 Å². The first kappa shape index (κ1) is 13.5. The van der Waals surface area contributed by atoms with Crippen molar-refractivity contribution in [3.8, 4) is 5.75 Å². The van der Waals surface area contributed by atoms with Crippen LogP contribution in [0.3, 0.4) is 0 Å². The summed E-state index contributed by atoms with van der Waals surface area (Å²) in [5, 5.41) is 3.43. The van der Waals surface area contributed by atoms with Crippen LogP contribution in [0.1, 0.15) is 23.7 Å². The van der Waals surface area contributed by atoms with Crippen LogP contribution in [0.15, 0.2) is 48.5 Å². The quantitative estimate of drug-likeness (QED) is 0.936. The highest BCUT2D eigenvalue weighted by Gasteiger charge is 2.31. The highest BCUT2D eigenvalue weighted by atomic mass is 16.5. The standard InChI is InChI=1S/C17H18N2O2/c1-3-16-18-15-7-5-4-6-14(15)17(20)19(16)12-8-10-13(21-2)11-9-12/h4-11,16,18H,3H2,1-2H3. The number of fused-ring (bicyclic) bond motifs is 1. The molecule has 108 valence electrons. The van der Waals surface area contributed by atoms with Gasteiger partial charge in [0, 0.05) is 11.4 Å². The fourth-order valence-corrected chi connectivity index (χ4v) is 2.64. The van der Waals surface area contributed by atoms with Crippen molar-refractivity contribution < 1.29 is 9.53 Å². The van der Waals surface area contributed by atoms with Crippen LogP contribution in [0, 0.1) is 0 Å². The molecule has 1 atom stereocenters. The van der Waals surface area contributed by atoms with E-state index in [1.807, 2.05) is 53.4 Å². The second kappa shape index (κ2) is 5.48. The molecule has 1 heterocycles. The lowest BCUT2D eigenvalue weighted by molar-refractivity contribution is 0.0974. The molecule has 1 unspecified atom stereocenters. The lowest BCUT2D eigenvalue weighted by Crippen LogP contribution is -2.48. The Hall–Kier alpha value is -2.49. The third kappa shape index (κ3) is 2.33. The Kier molecular flexibility index (Phi) is 3.52. The average molecular weight is 282 g/mol. The minimum absolute atomic E-state index is 0.0290. The molecule has 2 aromatic carbocycles. The summed E-state index contributed by atoms with van der Waals surface area (Å²) in [4.78, 5) is 14.6. The highest BCUT2D eigenvalue weighted by Crippen LogP contribution is 2.31. The van der Waals surface area contributed by atoms with Crippen molar-refractivity contribution in [2.24, 2.45) is 0 Å². The van der Waals surface area contributed by atoms with E-state index in [4.69, 9.17) is 4.74 Å². The Balaban J connectivity index is 2.01. The van der Waals surface area contributed by atoms with Crippen LogP contribution in [-0.2, 0) is 0 Å². The summed E-state index contributed by atoms with van der Waals surface area (Å²) < 4.78 is 5.17. The van der Waals surface area contributed by atoms with E-state index in [2.05, 4.69) is 12.2 Å². The molecular weight excluding hydrogens is 264 g/mol. The van der Waals surface area contributed by atoms with Crippen LogP contribution < -0.4 is 15.0 Å². The zero-order chi connectivity index (χ0) is 14.8. The molecule has 0 saturated carbocycles. The van der Waals surface area contributed by atoms with Gasteiger partial charge in [-0.05, 0) is 42.8 Å². The number of benzene rings is 2. The maximum absolute atomic E-state index is 12.8. The number of ether oxygens (including phenoxy) is 1. The molecule has 1 amide bonds. The number of amides is 1. The van der Waals surface area contributed by atoms with Gasteiger partial charge in [0.1, 0.15) is 11.9 Å². The van der Waals surface area contributed by atoms with Crippen molar-refractivity contribution in [1.82, 2.24) is 0 Å². The summed E-state index contributed by atoms with van der Waals surface area (Å²) in [5.41, 5.74) is 2.48. The molecule has 0 radical (unpaired) electrons. The number of hydrogen-bond acceptors (Lipinski definition) is 3. The molecule has 1 N–H and O–H groups in total. The van der Waals surface area contributed by atoms with Crippen molar-refractivity contribution in [1.29, 1.82) is 0 Å². The monoisotopic (exact) mass is 282 g/mol. The fraction of sp³-hybridized carbons (Fsp3) is 0.235. The van der Waals surface area contributed by atoms with E-state index in [-0.39, 0.29) is 12.1 Å². The molecule has 0 spiro atoms. The van der Waals surface area contributed by atoms with Gasteiger partial charge in [-0.25, -0.2) is 0 Å². The number of nitrogens with zero attached hydrogens (tertiary/aromatic N) is 1. The van der Waals surface area contributed by atoms with Gasteiger partial charge in [0.25, 0.3) is 5.91 Å². The van der Waals surface area contributed by atoms with Crippen LogP contribution in [-0.4, -0.2) is 19.2 Å². The first-order chi connectivity index (χ1) is 10.2. The first-order valence-electron chi connectivity index (χ1n) is 7.07. The maximum Gasteiger partial charge on any atom is 0.262 e. The zero-order valence-electron chi connectivity index (χ0n) is 12.2. The Morgan fingerprint density at radius 2 is 1.86 bits per heavy atom. The minimum atomic E-state index is -0.0409. The van der Waals surface area contributed by atoms with E-state index in [1.165, 1.54) is 0 Å². The summed E-state index contributed by atoms with van der Waals surface area (Å²) in [6.07, 6.45) is 0.785. The van der Waals surface area contributed by atoms with E-state index in [9.17, 15) is 4.79 Å². The van der Waals surface area contributed by atoms with E-state index < -0.39 is 0 Å². The molecule has 4 heteroatoms. The smallest absolute Gasteiger partial charge is 0.262 e. The number of carbonyl (C=O) groups is 1. The number of carbonyl (C=O) groups excluding carboxylic acids is 1. The molecule has 0 aromatic heterocycles. The predicted octanol–water partition coefficient (Wildman–Crippen LogP) is 3.50. The molecule has 1 aliphatic rings. The van der Waals surface area contributed by atoms with E-state index in [1.54, 1.807) is 7.11 Å². The Morgan fingerprint density at radius 3 is 2.52 bits per heavy atom. The fourth-order valence-electron chi connectivity index (χ4n) is 2.64. The van der Waals surface area contributed by atoms with E-state index in [0.717, 1.165) is 23.5 Å². The average Bonchev–Trinajstić information content (AvgIpc) is 2.55. The van der Waals surface area contributed by atoms with Gasteiger partial charge >= 0.3 is 0 Å². The van der Waals surface area contributed by atoms with Gasteiger partial charge in [-0.15, -0.1) is 0 Å². The van der Waals surface area contributed by atoms with Gasteiger partial charge in [-0.1, -0.05) is 19.1 Å². The summed E-state index contributed by atoms with van der Waals surface area (Å²) >= 11 is 0. The number of para-hydroxylation sites is 1. The number of nitrogens with one attached hydrogen (secondary N) is 1. The molecule has 21 heavy (non-hydrogen) atoms. The summed E-state index contributed by atoms with van der Waals surface area (Å²) in [6, 6.07) is 15.2. The van der Waals surface area contributed by atoms with Crippen LogP contribution >= 0.6 is 0 Å². The van der Waals surface area contributed by atoms with Gasteiger partial charge in [-0.3, -0.25) is 9.69 Å². The maximum atomic E-state index is 12.8. The Labute approximate surface area is 124 Å². The number of methoxy groups -OCH3 is 1. The molecule has 0 aliphatic carbocycles. The van der Waals surface area contributed by atoms with Crippen molar-refractivity contribution >= 4 is 17.3 Å². The second-order valence-electron chi connectivity index (χ2n) is 4.99. The molecule has 2 aromatic rings. The third-order valence-corrected chi connectivity index (χ3v) is 3.75. The van der Waals surface area contributed by atoms with Crippen LogP contribution in [0.5, 0.6) is 5.75 Å². The van der Waals surface area contributed by atoms with Crippen LogP contribution in [0.4, 0.5) is 11.4 Å². The molecular formula is C17H18N2O2. The number of rotatable bonds is 3. The van der Waals surface area contributed by atoms with Gasteiger partial charge < -0.3 is 10.1 Å². The van der Waals surface area contributed by atoms with Gasteiger partial charge in [0.2, 0.25) is 0 Å². The topological polar surface area (TPSA) is 41.6 Å². The Bertz CT molecular complexity index is 652. The summed E-state index contributed by atoms with van der Waals surface area (Å²) in [7, 11) is 1.63.